The molecule has 1 heterocycles. The number of hydrogen-bond acceptors (Lipinski definition) is 3. The molecule has 106 valence electrons. The first-order valence-electron chi connectivity index (χ1n) is 6.75. The molecule has 5 heteroatoms. The van der Waals surface area contributed by atoms with Crippen LogP contribution in [-0.4, -0.2) is 40.2 Å². The second-order valence-electron chi connectivity index (χ2n) is 5.10. The van der Waals surface area contributed by atoms with Crippen LogP contribution in [0.15, 0.2) is 30.3 Å². The first kappa shape index (κ1) is 14.2. The molecule has 1 aliphatic heterocycles. The van der Waals surface area contributed by atoms with Crippen LogP contribution in [0.25, 0.3) is 0 Å². The zero-order valence-corrected chi connectivity index (χ0v) is 11.7. The van der Waals surface area contributed by atoms with E-state index < -0.39 is 17.8 Å². The summed E-state index contributed by atoms with van der Waals surface area (Å²) in [6.07, 6.45) is 1.43. The van der Waals surface area contributed by atoms with Crippen LogP contribution in [0.4, 0.5) is 4.79 Å². The van der Waals surface area contributed by atoms with Crippen molar-refractivity contribution < 1.29 is 14.4 Å². The number of carbonyl (C=O) groups is 3. The van der Waals surface area contributed by atoms with Gasteiger partial charge < -0.3 is 0 Å². The minimum absolute atomic E-state index is 0.279. The van der Waals surface area contributed by atoms with Crippen molar-refractivity contribution in [3.63, 3.8) is 0 Å². The molecule has 20 heavy (non-hydrogen) atoms. The number of nitrogens with zero attached hydrogens (tertiary/aromatic N) is 2. The summed E-state index contributed by atoms with van der Waals surface area (Å²) in [6.45, 7) is 3.72. The van der Waals surface area contributed by atoms with Gasteiger partial charge in [0.1, 0.15) is 0 Å². The van der Waals surface area contributed by atoms with E-state index >= 15 is 0 Å². The van der Waals surface area contributed by atoms with E-state index in [1.807, 2.05) is 30.3 Å². The first-order valence-corrected chi connectivity index (χ1v) is 6.75. The highest BCUT2D eigenvalue weighted by Gasteiger charge is 2.45. The summed E-state index contributed by atoms with van der Waals surface area (Å²) >= 11 is 0. The predicted molar refractivity (Wildman–Crippen MR) is 73.9 cm³/mol. The Hall–Kier alpha value is -2.17. The molecule has 0 saturated carbocycles. The number of urea groups is 1. The molecule has 4 amide bonds. The fourth-order valence-electron chi connectivity index (χ4n) is 2.26. The van der Waals surface area contributed by atoms with E-state index in [1.165, 1.54) is 0 Å². The van der Waals surface area contributed by atoms with Gasteiger partial charge in [-0.3, -0.25) is 19.4 Å². The molecule has 0 aliphatic carbocycles. The van der Waals surface area contributed by atoms with E-state index in [-0.39, 0.29) is 12.6 Å². The molecule has 2 rings (SSSR count). The third-order valence-electron chi connectivity index (χ3n) is 3.29. The number of carbonyl (C=O) groups excluding carboxylic acids is 3. The molecule has 0 N–H and O–H groups in total. The van der Waals surface area contributed by atoms with Crippen molar-refractivity contribution >= 4 is 17.8 Å². The Morgan fingerprint density at radius 3 is 2.20 bits per heavy atom. The Balaban J connectivity index is 1.95. The lowest BCUT2D eigenvalue weighted by molar-refractivity contribution is -0.143. The summed E-state index contributed by atoms with van der Waals surface area (Å²) in [5, 5.41) is 0. The van der Waals surface area contributed by atoms with Gasteiger partial charge in [0.15, 0.2) is 0 Å². The average Bonchev–Trinajstić information content (AvgIpc) is 2.63. The smallest absolute Gasteiger partial charge is 0.263 e. The maximum Gasteiger partial charge on any atom is 0.334 e. The van der Waals surface area contributed by atoms with Gasteiger partial charge in [0.25, 0.3) is 0 Å². The van der Waals surface area contributed by atoms with Crippen LogP contribution in [-0.2, 0) is 16.0 Å². The maximum atomic E-state index is 12.0. The third kappa shape index (κ3) is 2.71. The SMILES string of the molecule is CC(C)N1C(=O)C(=O)N(CCCc2ccccc2)C1=O. The van der Waals surface area contributed by atoms with Gasteiger partial charge in [-0.1, -0.05) is 30.3 Å². The topological polar surface area (TPSA) is 57.7 Å². The lowest BCUT2D eigenvalue weighted by Gasteiger charge is -2.18. The van der Waals surface area contributed by atoms with E-state index in [4.69, 9.17) is 0 Å². The molecule has 0 atom stereocenters. The maximum absolute atomic E-state index is 12.0. The van der Waals surface area contributed by atoms with Crippen LogP contribution in [0.2, 0.25) is 0 Å². The van der Waals surface area contributed by atoms with Gasteiger partial charge in [0.05, 0.1) is 0 Å². The van der Waals surface area contributed by atoms with E-state index in [9.17, 15) is 14.4 Å². The summed E-state index contributed by atoms with van der Waals surface area (Å²) in [5.41, 5.74) is 1.15. The van der Waals surface area contributed by atoms with Gasteiger partial charge in [0, 0.05) is 12.6 Å². The number of hydrogen-bond donors (Lipinski definition) is 0. The van der Waals surface area contributed by atoms with Crippen molar-refractivity contribution in [1.82, 2.24) is 9.80 Å². The minimum Gasteiger partial charge on any atom is -0.263 e. The van der Waals surface area contributed by atoms with Crippen molar-refractivity contribution in [3.8, 4) is 0 Å². The zero-order chi connectivity index (χ0) is 14.7. The molecule has 1 fully saturated rings. The lowest BCUT2D eigenvalue weighted by Crippen LogP contribution is -2.38. The van der Waals surface area contributed by atoms with Gasteiger partial charge in [-0.25, -0.2) is 4.79 Å². The van der Waals surface area contributed by atoms with Gasteiger partial charge in [-0.15, -0.1) is 0 Å². The van der Waals surface area contributed by atoms with Crippen molar-refractivity contribution in [1.29, 1.82) is 0 Å². The van der Waals surface area contributed by atoms with Gasteiger partial charge in [0.2, 0.25) is 0 Å². The standard InChI is InChI=1S/C15H18N2O3/c1-11(2)17-14(19)13(18)16(15(17)20)10-6-9-12-7-4-3-5-8-12/h3-5,7-8,11H,6,9-10H2,1-2H3. The molecule has 0 bridgehead atoms. The zero-order valence-electron chi connectivity index (χ0n) is 11.7. The summed E-state index contributed by atoms with van der Waals surface area (Å²) < 4.78 is 0. The Kier molecular flexibility index (Phi) is 4.17. The Morgan fingerprint density at radius 2 is 1.65 bits per heavy atom. The molecular formula is C15H18N2O3. The number of benzene rings is 1. The number of amides is 4. The van der Waals surface area contributed by atoms with E-state index in [2.05, 4.69) is 0 Å². The van der Waals surface area contributed by atoms with Crippen molar-refractivity contribution in [2.45, 2.75) is 32.7 Å². The number of aryl methyl sites for hydroxylation is 1. The summed E-state index contributed by atoms with van der Waals surface area (Å²) in [7, 11) is 0. The van der Waals surface area contributed by atoms with Crippen LogP contribution in [0.5, 0.6) is 0 Å². The van der Waals surface area contributed by atoms with Crippen molar-refractivity contribution in [2.75, 3.05) is 6.54 Å². The fraction of sp³-hybridized carbons (Fsp3) is 0.400. The second kappa shape index (κ2) is 5.86. The summed E-state index contributed by atoms with van der Waals surface area (Å²) in [4.78, 5) is 37.6. The second-order valence-corrected chi connectivity index (χ2v) is 5.10. The molecule has 0 radical (unpaired) electrons. The monoisotopic (exact) mass is 274 g/mol. The molecule has 1 aliphatic rings. The lowest BCUT2D eigenvalue weighted by atomic mass is 10.1. The average molecular weight is 274 g/mol. The van der Waals surface area contributed by atoms with Gasteiger partial charge >= 0.3 is 17.8 Å². The van der Waals surface area contributed by atoms with Crippen LogP contribution in [0.1, 0.15) is 25.8 Å². The minimum atomic E-state index is -0.718. The molecule has 0 spiro atoms. The van der Waals surface area contributed by atoms with E-state index in [0.29, 0.717) is 6.42 Å². The van der Waals surface area contributed by atoms with Crippen LogP contribution < -0.4 is 0 Å². The highest BCUT2D eigenvalue weighted by molar-refractivity contribution is 6.44. The molecule has 1 saturated heterocycles. The van der Waals surface area contributed by atoms with Gasteiger partial charge in [-0.05, 0) is 32.3 Å². The molecule has 5 nitrogen and oxygen atoms in total. The van der Waals surface area contributed by atoms with E-state index in [1.54, 1.807) is 13.8 Å². The normalized spacial score (nSPS) is 15.7. The molecule has 0 aromatic heterocycles. The van der Waals surface area contributed by atoms with Crippen molar-refractivity contribution in [2.24, 2.45) is 0 Å². The van der Waals surface area contributed by atoms with Crippen LogP contribution in [0, 0.1) is 0 Å². The molecule has 1 aromatic carbocycles. The van der Waals surface area contributed by atoms with Gasteiger partial charge in [-0.2, -0.15) is 0 Å². The van der Waals surface area contributed by atoms with Crippen LogP contribution >= 0.6 is 0 Å². The Bertz CT molecular complexity index is 525. The van der Waals surface area contributed by atoms with Crippen molar-refractivity contribution in [3.05, 3.63) is 35.9 Å². The highest BCUT2D eigenvalue weighted by atomic mass is 16.2. The molecule has 1 aromatic rings. The van der Waals surface area contributed by atoms with E-state index in [0.717, 1.165) is 21.8 Å². The highest BCUT2D eigenvalue weighted by Crippen LogP contribution is 2.16. The predicted octanol–water partition coefficient (Wildman–Crippen LogP) is 1.82. The quantitative estimate of drug-likeness (QED) is 0.608. The summed E-state index contributed by atoms with van der Waals surface area (Å²) in [6, 6.07) is 9.05. The molecule has 0 unspecified atom stereocenters. The fourth-order valence-corrected chi connectivity index (χ4v) is 2.26. The Labute approximate surface area is 118 Å². The number of imide groups is 2. The largest absolute Gasteiger partial charge is 0.334 e. The molecular weight excluding hydrogens is 256 g/mol. The number of rotatable bonds is 5. The van der Waals surface area contributed by atoms with Crippen LogP contribution in [0.3, 0.4) is 0 Å². The third-order valence-corrected chi connectivity index (χ3v) is 3.29. The first-order chi connectivity index (χ1) is 9.52. The Morgan fingerprint density at radius 1 is 1.00 bits per heavy atom. The summed E-state index contributed by atoms with van der Waals surface area (Å²) in [5.74, 6) is -1.43.